The minimum absolute atomic E-state index is 0.0829. The van der Waals surface area contributed by atoms with E-state index in [0.29, 0.717) is 13.1 Å². The number of rotatable bonds is 8. The lowest BCUT2D eigenvalue weighted by atomic mass is 10.2. The van der Waals surface area contributed by atoms with Gasteiger partial charge in [-0.1, -0.05) is 25.5 Å². The van der Waals surface area contributed by atoms with Crippen molar-refractivity contribution >= 4 is 5.91 Å². The first-order chi connectivity index (χ1) is 9.13. The lowest BCUT2D eigenvalue weighted by Gasteiger charge is -2.11. The van der Waals surface area contributed by atoms with Crippen LogP contribution in [0.5, 0.6) is 5.75 Å². The molecule has 0 saturated carbocycles. The van der Waals surface area contributed by atoms with Gasteiger partial charge in [0.15, 0.2) is 0 Å². The van der Waals surface area contributed by atoms with Gasteiger partial charge in [0.25, 0.3) is 0 Å². The molecule has 0 fully saturated rings. The molecule has 0 heterocycles. The van der Waals surface area contributed by atoms with Crippen LogP contribution in [-0.2, 0) is 11.3 Å². The van der Waals surface area contributed by atoms with Gasteiger partial charge < -0.3 is 15.0 Å². The smallest absolute Gasteiger partial charge is 0.236 e. The van der Waals surface area contributed by atoms with Crippen molar-refractivity contribution in [2.24, 2.45) is 0 Å². The molecule has 0 radical (unpaired) electrons. The van der Waals surface area contributed by atoms with Crippen LogP contribution in [0.4, 0.5) is 0 Å². The van der Waals surface area contributed by atoms with Gasteiger partial charge in [-0.15, -0.1) is 0 Å². The third-order valence-electron chi connectivity index (χ3n) is 2.79. The molecule has 0 bridgehead atoms. The highest BCUT2D eigenvalue weighted by Crippen LogP contribution is 2.12. The Labute approximate surface area is 115 Å². The van der Waals surface area contributed by atoms with Crippen molar-refractivity contribution in [3.63, 3.8) is 0 Å². The fraction of sp³-hybridized carbons (Fsp3) is 0.533. The summed E-state index contributed by atoms with van der Waals surface area (Å²) < 4.78 is 5.59. The van der Waals surface area contributed by atoms with E-state index >= 15 is 0 Å². The highest BCUT2D eigenvalue weighted by Gasteiger charge is 2.02. The Morgan fingerprint density at radius 1 is 1.26 bits per heavy atom. The summed E-state index contributed by atoms with van der Waals surface area (Å²) in [5, 5.41) is 3.12. The van der Waals surface area contributed by atoms with Crippen LogP contribution in [0.25, 0.3) is 0 Å². The van der Waals surface area contributed by atoms with E-state index in [1.54, 1.807) is 19.0 Å². The molecule has 4 heteroatoms. The van der Waals surface area contributed by atoms with Gasteiger partial charge in [-0.2, -0.15) is 0 Å². The summed E-state index contributed by atoms with van der Waals surface area (Å²) in [6.45, 7) is 3.97. The maximum Gasteiger partial charge on any atom is 0.236 e. The van der Waals surface area contributed by atoms with Crippen LogP contribution in [0, 0.1) is 0 Å². The predicted molar refractivity (Wildman–Crippen MR) is 77.2 cm³/mol. The molecule has 0 aromatic heterocycles. The molecule has 0 unspecified atom stereocenters. The molecule has 19 heavy (non-hydrogen) atoms. The summed E-state index contributed by atoms with van der Waals surface area (Å²) in [4.78, 5) is 13.0. The van der Waals surface area contributed by atoms with E-state index < -0.39 is 0 Å². The summed E-state index contributed by atoms with van der Waals surface area (Å²) in [5.41, 5.74) is 1.15. The maximum atomic E-state index is 11.4. The molecule has 0 aliphatic rings. The number of amides is 1. The van der Waals surface area contributed by atoms with Crippen molar-refractivity contribution in [1.82, 2.24) is 10.2 Å². The van der Waals surface area contributed by atoms with Crippen molar-refractivity contribution in [2.45, 2.75) is 26.3 Å². The van der Waals surface area contributed by atoms with Gasteiger partial charge in [0, 0.05) is 20.6 Å². The zero-order chi connectivity index (χ0) is 14.1. The average Bonchev–Trinajstić information content (AvgIpc) is 2.40. The SMILES string of the molecule is CCCCOc1ccc(CNCC(=O)N(C)C)cc1. The van der Waals surface area contributed by atoms with Crippen molar-refractivity contribution in [3.8, 4) is 5.75 Å². The Kier molecular flexibility index (Phi) is 6.97. The quantitative estimate of drug-likeness (QED) is 0.731. The van der Waals surface area contributed by atoms with Gasteiger partial charge in [-0.25, -0.2) is 0 Å². The first-order valence-corrected chi connectivity index (χ1v) is 6.76. The third-order valence-corrected chi connectivity index (χ3v) is 2.79. The fourth-order valence-electron chi connectivity index (χ4n) is 1.51. The Bertz CT molecular complexity index is 374. The topological polar surface area (TPSA) is 41.6 Å². The number of carbonyl (C=O) groups excluding carboxylic acids is 1. The van der Waals surface area contributed by atoms with Crippen molar-refractivity contribution in [3.05, 3.63) is 29.8 Å². The molecule has 0 saturated heterocycles. The van der Waals surface area contributed by atoms with E-state index in [9.17, 15) is 4.79 Å². The summed E-state index contributed by atoms with van der Waals surface area (Å²) in [6, 6.07) is 7.99. The zero-order valence-corrected chi connectivity index (χ0v) is 12.1. The van der Waals surface area contributed by atoms with Crippen LogP contribution in [0.3, 0.4) is 0 Å². The second-order valence-electron chi connectivity index (χ2n) is 4.74. The number of unbranched alkanes of at least 4 members (excludes halogenated alkanes) is 1. The van der Waals surface area contributed by atoms with Crippen LogP contribution in [0.2, 0.25) is 0 Å². The highest BCUT2D eigenvalue weighted by molar-refractivity contribution is 5.77. The lowest BCUT2D eigenvalue weighted by Crippen LogP contribution is -2.32. The van der Waals surface area contributed by atoms with E-state index in [-0.39, 0.29) is 5.91 Å². The normalized spacial score (nSPS) is 10.3. The summed E-state index contributed by atoms with van der Waals surface area (Å²) in [5.74, 6) is 0.987. The molecular formula is C15H24N2O2. The number of hydrogen-bond acceptors (Lipinski definition) is 3. The monoisotopic (exact) mass is 264 g/mol. The second-order valence-corrected chi connectivity index (χ2v) is 4.74. The molecule has 1 rings (SSSR count). The Morgan fingerprint density at radius 3 is 2.53 bits per heavy atom. The summed E-state index contributed by atoms with van der Waals surface area (Å²) in [6.07, 6.45) is 2.22. The van der Waals surface area contributed by atoms with Gasteiger partial charge in [-0.05, 0) is 24.1 Å². The molecular weight excluding hydrogens is 240 g/mol. The number of hydrogen-bond donors (Lipinski definition) is 1. The highest BCUT2D eigenvalue weighted by atomic mass is 16.5. The number of likely N-dealkylation sites (N-methyl/N-ethyl adjacent to an activating group) is 1. The number of benzene rings is 1. The Morgan fingerprint density at radius 2 is 1.95 bits per heavy atom. The summed E-state index contributed by atoms with van der Waals surface area (Å²) in [7, 11) is 3.51. The van der Waals surface area contributed by atoms with Gasteiger partial charge in [0.2, 0.25) is 5.91 Å². The molecule has 4 nitrogen and oxygen atoms in total. The van der Waals surface area contributed by atoms with E-state index in [0.717, 1.165) is 30.8 Å². The minimum atomic E-state index is 0.0829. The van der Waals surface area contributed by atoms with Crippen molar-refractivity contribution < 1.29 is 9.53 Å². The first-order valence-electron chi connectivity index (χ1n) is 6.76. The molecule has 1 N–H and O–H groups in total. The maximum absolute atomic E-state index is 11.4. The van der Waals surface area contributed by atoms with Crippen LogP contribution in [0.15, 0.2) is 24.3 Å². The van der Waals surface area contributed by atoms with Crippen LogP contribution in [0.1, 0.15) is 25.3 Å². The third kappa shape index (κ3) is 6.25. The molecule has 1 amide bonds. The Hall–Kier alpha value is -1.55. The first kappa shape index (κ1) is 15.5. The largest absolute Gasteiger partial charge is 0.494 e. The fourth-order valence-corrected chi connectivity index (χ4v) is 1.51. The zero-order valence-electron chi connectivity index (χ0n) is 12.1. The molecule has 0 spiro atoms. The molecule has 1 aromatic carbocycles. The molecule has 0 aliphatic heterocycles. The number of nitrogens with zero attached hydrogens (tertiary/aromatic N) is 1. The van der Waals surface area contributed by atoms with Crippen LogP contribution >= 0.6 is 0 Å². The van der Waals surface area contributed by atoms with Gasteiger partial charge >= 0.3 is 0 Å². The van der Waals surface area contributed by atoms with Crippen LogP contribution < -0.4 is 10.1 Å². The molecule has 1 aromatic rings. The molecule has 0 atom stereocenters. The average molecular weight is 264 g/mol. The number of ether oxygens (including phenoxy) is 1. The van der Waals surface area contributed by atoms with E-state index in [4.69, 9.17) is 4.74 Å². The van der Waals surface area contributed by atoms with E-state index in [2.05, 4.69) is 12.2 Å². The van der Waals surface area contributed by atoms with Gasteiger partial charge in [0.05, 0.1) is 13.2 Å². The number of carbonyl (C=O) groups is 1. The molecule has 0 aliphatic carbocycles. The van der Waals surface area contributed by atoms with Crippen LogP contribution in [-0.4, -0.2) is 38.1 Å². The minimum Gasteiger partial charge on any atom is -0.494 e. The van der Waals surface area contributed by atoms with Crippen molar-refractivity contribution in [1.29, 1.82) is 0 Å². The summed E-state index contributed by atoms with van der Waals surface area (Å²) >= 11 is 0. The lowest BCUT2D eigenvalue weighted by molar-refractivity contribution is -0.127. The number of nitrogens with one attached hydrogen (secondary N) is 1. The second kappa shape index (κ2) is 8.53. The standard InChI is InChI=1S/C15H24N2O2/c1-4-5-10-19-14-8-6-13(7-9-14)11-16-12-15(18)17(2)3/h6-9,16H,4-5,10-12H2,1-3H3. The van der Waals surface area contributed by atoms with E-state index in [1.165, 1.54) is 0 Å². The van der Waals surface area contributed by atoms with Gasteiger partial charge in [0.1, 0.15) is 5.75 Å². The molecule has 106 valence electrons. The Balaban J connectivity index is 2.30. The van der Waals surface area contributed by atoms with Crippen molar-refractivity contribution in [2.75, 3.05) is 27.2 Å². The predicted octanol–water partition coefficient (Wildman–Crippen LogP) is 2.04. The van der Waals surface area contributed by atoms with Gasteiger partial charge in [-0.3, -0.25) is 4.79 Å². The van der Waals surface area contributed by atoms with E-state index in [1.807, 2.05) is 24.3 Å².